The molecular formula is C19H28N2O5S. The fraction of sp³-hybridized carbons (Fsp3) is 0.579. The van der Waals surface area contributed by atoms with E-state index in [4.69, 9.17) is 4.74 Å². The number of esters is 1. The van der Waals surface area contributed by atoms with Gasteiger partial charge in [-0.3, -0.25) is 9.59 Å². The molecular weight excluding hydrogens is 368 g/mol. The van der Waals surface area contributed by atoms with Gasteiger partial charge in [0.15, 0.2) is 6.10 Å². The highest BCUT2D eigenvalue weighted by Gasteiger charge is 2.27. The lowest BCUT2D eigenvalue weighted by Gasteiger charge is -2.16. The molecule has 0 heterocycles. The van der Waals surface area contributed by atoms with E-state index >= 15 is 0 Å². The van der Waals surface area contributed by atoms with Crippen molar-refractivity contribution in [1.29, 1.82) is 0 Å². The summed E-state index contributed by atoms with van der Waals surface area (Å²) in [7, 11) is -3.75. The molecule has 0 spiro atoms. The molecule has 0 aromatic heterocycles. The van der Waals surface area contributed by atoms with Crippen LogP contribution in [-0.2, 0) is 24.3 Å². The summed E-state index contributed by atoms with van der Waals surface area (Å²) in [4.78, 5) is 23.9. The Balaban J connectivity index is 1.92. The number of carbonyl (C=O) groups excluding carboxylic acids is 2. The van der Waals surface area contributed by atoms with Crippen molar-refractivity contribution in [2.45, 2.75) is 70.9 Å². The van der Waals surface area contributed by atoms with Crippen LogP contribution in [0.2, 0.25) is 0 Å². The third kappa shape index (κ3) is 5.52. The number of nitrogens with one attached hydrogen (secondary N) is 2. The van der Waals surface area contributed by atoms with Crippen molar-refractivity contribution < 1.29 is 22.7 Å². The summed E-state index contributed by atoms with van der Waals surface area (Å²) in [6, 6.07) is 2.14. The maximum Gasteiger partial charge on any atom is 0.307 e. The molecule has 1 fully saturated rings. The Hall–Kier alpha value is -1.93. The molecule has 2 rings (SSSR count). The fourth-order valence-electron chi connectivity index (χ4n) is 2.80. The number of hydrogen-bond acceptors (Lipinski definition) is 5. The smallest absolute Gasteiger partial charge is 0.307 e. The fourth-order valence-corrected chi connectivity index (χ4v) is 4.44. The molecule has 150 valence electrons. The van der Waals surface area contributed by atoms with Gasteiger partial charge in [-0.05, 0) is 69.7 Å². The van der Waals surface area contributed by atoms with Gasteiger partial charge in [-0.2, -0.15) is 0 Å². The minimum Gasteiger partial charge on any atom is -0.453 e. The number of sulfonamides is 1. The van der Waals surface area contributed by atoms with Gasteiger partial charge in [-0.1, -0.05) is 6.07 Å². The number of aryl methyl sites for hydroxylation is 2. The van der Waals surface area contributed by atoms with Crippen LogP contribution in [0.25, 0.3) is 0 Å². The Bertz CT molecular complexity index is 818. The maximum atomic E-state index is 12.7. The minimum atomic E-state index is -3.75. The highest BCUT2D eigenvalue weighted by molar-refractivity contribution is 7.89. The summed E-state index contributed by atoms with van der Waals surface area (Å²) in [5, 5.41) is 2.76. The van der Waals surface area contributed by atoms with Crippen LogP contribution in [0.15, 0.2) is 11.0 Å². The number of carbonyl (C=O) groups is 2. The predicted octanol–water partition coefficient (Wildman–Crippen LogP) is 1.80. The van der Waals surface area contributed by atoms with Crippen LogP contribution < -0.4 is 10.0 Å². The van der Waals surface area contributed by atoms with Crippen LogP contribution in [0.5, 0.6) is 0 Å². The summed E-state index contributed by atoms with van der Waals surface area (Å²) in [5.74, 6) is -0.946. The summed E-state index contributed by atoms with van der Waals surface area (Å²) in [5.41, 5.74) is 3.18. The monoisotopic (exact) mass is 396 g/mol. The molecule has 0 bridgehead atoms. The molecule has 1 saturated carbocycles. The molecule has 0 radical (unpaired) electrons. The van der Waals surface area contributed by atoms with Gasteiger partial charge in [0.25, 0.3) is 5.91 Å². The molecule has 1 aromatic rings. The number of benzene rings is 1. The van der Waals surface area contributed by atoms with Gasteiger partial charge in [0.1, 0.15) is 0 Å². The predicted molar refractivity (Wildman–Crippen MR) is 102 cm³/mol. The van der Waals surface area contributed by atoms with E-state index in [1.165, 1.54) is 6.92 Å². The van der Waals surface area contributed by atoms with Gasteiger partial charge >= 0.3 is 5.97 Å². The molecule has 1 aliphatic carbocycles. The highest BCUT2D eigenvalue weighted by Crippen LogP contribution is 2.25. The molecule has 0 unspecified atom stereocenters. The van der Waals surface area contributed by atoms with Crippen molar-refractivity contribution >= 4 is 21.9 Å². The Morgan fingerprint density at radius 1 is 1.15 bits per heavy atom. The van der Waals surface area contributed by atoms with E-state index < -0.39 is 22.1 Å². The standard InChI is InChI=1S/C19H28N2O5S/c1-11-10-12(2)14(4)18(13(11)3)27(24,25)20-9-8-17(22)26-15(5)19(23)21-16-6-7-16/h10,15-16,20H,6-9H2,1-5H3,(H,21,23)/t15-/m1/s1. The highest BCUT2D eigenvalue weighted by atomic mass is 32.2. The van der Waals surface area contributed by atoms with Crippen molar-refractivity contribution in [2.24, 2.45) is 0 Å². The van der Waals surface area contributed by atoms with Crippen LogP contribution in [-0.4, -0.2) is 39.0 Å². The quantitative estimate of drug-likeness (QED) is 0.653. The molecule has 2 N–H and O–H groups in total. The van der Waals surface area contributed by atoms with Crippen molar-refractivity contribution in [2.75, 3.05) is 6.54 Å². The van der Waals surface area contributed by atoms with Crippen LogP contribution in [0.1, 0.15) is 48.4 Å². The summed E-state index contributed by atoms with van der Waals surface area (Å²) >= 11 is 0. The molecule has 1 atom stereocenters. The van der Waals surface area contributed by atoms with Crippen LogP contribution in [0.4, 0.5) is 0 Å². The Morgan fingerprint density at radius 3 is 2.22 bits per heavy atom. The summed E-state index contributed by atoms with van der Waals surface area (Å²) in [6.07, 6.45) is 0.860. The van der Waals surface area contributed by atoms with Gasteiger partial charge in [-0.25, -0.2) is 13.1 Å². The average molecular weight is 397 g/mol. The third-order valence-corrected chi connectivity index (χ3v) is 6.52. The first kappa shape index (κ1) is 21.4. The van der Waals surface area contributed by atoms with Crippen molar-refractivity contribution in [3.63, 3.8) is 0 Å². The second kappa shape index (κ2) is 8.39. The molecule has 0 saturated heterocycles. The van der Waals surface area contributed by atoms with Gasteiger partial charge < -0.3 is 10.1 Å². The largest absolute Gasteiger partial charge is 0.453 e. The maximum absolute atomic E-state index is 12.7. The molecule has 1 aromatic carbocycles. The number of rotatable bonds is 8. The molecule has 1 amide bonds. The SMILES string of the molecule is Cc1cc(C)c(C)c(S(=O)(=O)NCCC(=O)O[C@H](C)C(=O)NC2CC2)c1C. The number of amides is 1. The zero-order valence-corrected chi connectivity index (χ0v) is 17.3. The molecule has 27 heavy (non-hydrogen) atoms. The van der Waals surface area contributed by atoms with Crippen molar-refractivity contribution in [3.05, 3.63) is 28.3 Å². The first-order valence-electron chi connectivity index (χ1n) is 9.10. The first-order valence-corrected chi connectivity index (χ1v) is 10.6. The minimum absolute atomic E-state index is 0.0933. The first-order chi connectivity index (χ1) is 12.5. The topological polar surface area (TPSA) is 102 Å². The van der Waals surface area contributed by atoms with Gasteiger partial charge in [-0.15, -0.1) is 0 Å². The molecule has 0 aliphatic heterocycles. The zero-order valence-electron chi connectivity index (χ0n) is 16.5. The lowest BCUT2D eigenvalue weighted by Crippen LogP contribution is -2.37. The third-order valence-electron chi connectivity index (χ3n) is 4.79. The summed E-state index contributed by atoms with van der Waals surface area (Å²) < 4.78 is 32.9. The lowest BCUT2D eigenvalue weighted by molar-refractivity contribution is -0.154. The van der Waals surface area contributed by atoms with E-state index in [9.17, 15) is 18.0 Å². The molecule has 7 nitrogen and oxygen atoms in total. The summed E-state index contributed by atoms with van der Waals surface area (Å²) in [6.45, 7) is 8.68. The molecule has 1 aliphatic rings. The van der Waals surface area contributed by atoms with E-state index in [1.807, 2.05) is 19.9 Å². The normalized spacial score (nSPS) is 15.3. The van der Waals surface area contributed by atoms with Crippen LogP contribution in [0, 0.1) is 27.7 Å². The van der Waals surface area contributed by atoms with Crippen molar-refractivity contribution in [1.82, 2.24) is 10.0 Å². The van der Waals surface area contributed by atoms with Crippen LogP contribution in [0.3, 0.4) is 0 Å². The average Bonchev–Trinajstić information content (AvgIpc) is 3.36. The molecule has 8 heteroatoms. The number of hydrogen-bond donors (Lipinski definition) is 2. The van der Waals surface area contributed by atoms with E-state index in [-0.39, 0.29) is 29.8 Å². The van der Waals surface area contributed by atoms with E-state index in [2.05, 4.69) is 10.0 Å². The zero-order chi connectivity index (χ0) is 20.4. The van der Waals surface area contributed by atoms with Gasteiger partial charge in [0, 0.05) is 12.6 Å². The second-order valence-corrected chi connectivity index (χ2v) is 8.86. The van der Waals surface area contributed by atoms with Gasteiger partial charge in [0.05, 0.1) is 11.3 Å². The Labute approximate surface area is 160 Å². The van der Waals surface area contributed by atoms with E-state index in [1.54, 1.807) is 13.8 Å². The van der Waals surface area contributed by atoms with Crippen LogP contribution >= 0.6 is 0 Å². The van der Waals surface area contributed by atoms with Crippen molar-refractivity contribution in [3.8, 4) is 0 Å². The Kier molecular flexibility index (Phi) is 6.64. The Morgan fingerprint density at radius 2 is 1.70 bits per heavy atom. The second-order valence-electron chi connectivity index (χ2n) is 7.15. The van der Waals surface area contributed by atoms with E-state index in [0.29, 0.717) is 11.1 Å². The lowest BCUT2D eigenvalue weighted by atomic mass is 10.0. The number of ether oxygens (including phenoxy) is 1. The van der Waals surface area contributed by atoms with Gasteiger partial charge in [0.2, 0.25) is 10.0 Å². The van der Waals surface area contributed by atoms with E-state index in [0.717, 1.165) is 24.0 Å².